The van der Waals surface area contributed by atoms with Crippen molar-refractivity contribution in [3.05, 3.63) is 90.1 Å². The van der Waals surface area contributed by atoms with E-state index in [0.29, 0.717) is 0 Å². The van der Waals surface area contributed by atoms with Gasteiger partial charge in [-0.25, -0.2) is 0 Å². The van der Waals surface area contributed by atoms with Crippen molar-refractivity contribution in [2.45, 2.75) is 13.8 Å². The second-order valence-corrected chi connectivity index (χ2v) is 7.94. The fraction of sp³-hybridized carbons (Fsp3) is 0.0800. The van der Waals surface area contributed by atoms with Crippen LogP contribution in [0.4, 0.5) is 0 Å². The number of aromatic nitrogens is 1. The highest BCUT2D eigenvalue weighted by Crippen LogP contribution is 2.44. The zero-order chi connectivity index (χ0) is 18.4. The van der Waals surface area contributed by atoms with E-state index in [0.717, 1.165) is 11.2 Å². The number of benzene rings is 3. The Balaban J connectivity index is 1.91. The Kier molecular flexibility index (Phi) is 3.80. The first-order valence-corrected chi connectivity index (χ1v) is 9.99. The Hall–Kier alpha value is -2.97. The van der Waals surface area contributed by atoms with Gasteiger partial charge in [0, 0.05) is 21.3 Å². The molecule has 0 unspecified atom stereocenters. The van der Waals surface area contributed by atoms with Crippen LogP contribution in [0.2, 0.25) is 0 Å². The van der Waals surface area contributed by atoms with Crippen LogP contribution < -0.4 is 0 Å². The molecule has 0 atom stereocenters. The molecule has 0 amide bonds. The van der Waals surface area contributed by atoms with Crippen molar-refractivity contribution in [1.29, 1.82) is 0 Å². The molecule has 0 saturated heterocycles. The number of thiophene rings is 1. The second kappa shape index (κ2) is 6.33. The largest absolute Gasteiger partial charge is 0.251 e. The third-order valence-corrected chi connectivity index (χ3v) is 6.45. The third-order valence-electron chi connectivity index (χ3n) is 5.27. The number of pyridine rings is 1. The summed E-state index contributed by atoms with van der Waals surface area (Å²) in [7, 11) is 0. The minimum Gasteiger partial charge on any atom is -0.251 e. The van der Waals surface area contributed by atoms with E-state index in [1.54, 1.807) is 0 Å². The molecule has 0 radical (unpaired) electrons. The van der Waals surface area contributed by atoms with Crippen LogP contribution in [-0.4, -0.2) is 4.98 Å². The maximum absolute atomic E-state index is 4.96. The molecule has 27 heavy (non-hydrogen) atoms. The van der Waals surface area contributed by atoms with E-state index in [2.05, 4.69) is 92.7 Å². The Labute approximate surface area is 162 Å². The minimum absolute atomic E-state index is 1.10. The number of rotatable bonds is 2. The molecule has 0 aliphatic rings. The topological polar surface area (TPSA) is 12.9 Å². The summed E-state index contributed by atoms with van der Waals surface area (Å²) in [6.45, 7) is 4.32. The van der Waals surface area contributed by atoms with Crippen molar-refractivity contribution in [2.24, 2.45) is 0 Å². The smallest absolute Gasteiger partial charge is 0.0898 e. The van der Waals surface area contributed by atoms with Gasteiger partial charge in [0.2, 0.25) is 0 Å². The third kappa shape index (κ3) is 2.56. The molecule has 0 aliphatic heterocycles. The van der Waals surface area contributed by atoms with Crippen molar-refractivity contribution in [3.63, 3.8) is 0 Å². The monoisotopic (exact) mass is 365 g/mol. The number of aryl methyl sites for hydroxylation is 1. The molecule has 2 aromatic heterocycles. The minimum atomic E-state index is 1.10. The second-order valence-electron chi connectivity index (χ2n) is 6.88. The summed E-state index contributed by atoms with van der Waals surface area (Å²) in [4.78, 5) is 4.96. The van der Waals surface area contributed by atoms with Crippen LogP contribution in [-0.2, 0) is 0 Å². The van der Waals surface area contributed by atoms with Gasteiger partial charge >= 0.3 is 0 Å². The Morgan fingerprint density at radius 2 is 1.37 bits per heavy atom. The van der Waals surface area contributed by atoms with E-state index in [9.17, 15) is 0 Å². The highest BCUT2D eigenvalue weighted by atomic mass is 32.1. The summed E-state index contributed by atoms with van der Waals surface area (Å²) in [6, 6.07) is 27.9. The number of nitrogens with zero attached hydrogens (tertiary/aromatic N) is 1. The molecule has 3 aromatic carbocycles. The molecular weight excluding hydrogens is 346 g/mol. The molecule has 130 valence electrons. The predicted octanol–water partition coefficient (Wildman–Crippen LogP) is 7.40. The molecule has 0 saturated carbocycles. The Morgan fingerprint density at radius 3 is 2.19 bits per heavy atom. The van der Waals surface area contributed by atoms with E-state index < -0.39 is 0 Å². The first kappa shape index (κ1) is 16.2. The maximum Gasteiger partial charge on any atom is 0.0898 e. The van der Waals surface area contributed by atoms with E-state index in [1.165, 1.54) is 42.6 Å². The van der Waals surface area contributed by atoms with Gasteiger partial charge in [0.15, 0.2) is 0 Å². The lowest BCUT2D eigenvalue weighted by Crippen LogP contribution is -1.94. The lowest BCUT2D eigenvalue weighted by molar-refractivity contribution is 1.21. The average molecular weight is 366 g/mol. The van der Waals surface area contributed by atoms with Crippen LogP contribution in [0, 0.1) is 13.8 Å². The molecule has 5 aromatic rings. The van der Waals surface area contributed by atoms with Crippen molar-refractivity contribution in [2.75, 3.05) is 0 Å². The van der Waals surface area contributed by atoms with Crippen LogP contribution in [0.25, 0.3) is 42.6 Å². The molecule has 0 spiro atoms. The zero-order valence-electron chi connectivity index (χ0n) is 15.4. The van der Waals surface area contributed by atoms with Gasteiger partial charge in [0.25, 0.3) is 0 Å². The van der Waals surface area contributed by atoms with Crippen LogP contribution in [0.1, 0.15) is 11.3 Å². The first-order chi connectivity index (χ1) is 13.2. The van der Waals surface area contributed by atoms with Crippen LogP contribution >= 0.6 is 11.3 Å². The molecule has 1 nitrogen and oxygen atoms in total. The number of hydrogen-bond donors (Lipinski definition) is 0. The van der Waals surface area contributed by atoms with Crippen LogP contribution in [0.5, 0.6) is 0 Å². The average Bonchev–Trinajstić information content (AvgIpc) is 3.08. The van der Waals surface area contributed by atoms with E-state index in [-0.39, 0.29) is 0 Å². The molecular formula is C25H19NS. The molecule has 2 heterocycles. The standard InChI is InChI=1S/C25H19NS/c1-16-17(2)26-24-21-14-8-9-15-22(21)27-25(24)23(16)20-13-7-6-12-19(20)18-10-4-3-5-11-18/h3-15H,1-2H3. The van der Waals surface area contributed by atoms with Gasteiger partial charge < -0.3 is 0 Å². The predicted molar refractivity (Wildman–Crippen MR) is 117 cm³/mol. The summed E-state index contributed by atoms with van der Waals surface area (Å²) in [6.07, 6.45) is 0. The van der Waals surface area contributed by atoms with Crippen LogP contribution in [0.15, 0.2) is 78.9 Å². The summed E-state index contributed by atoms with van der Waals surface area (Å²) in [5, 5.41) is 1.25. The van der Waals surface area contributed by atoms with Gasteiger partial charge in [-0.05, 0) is 42.2 Å². The van der Waals surface area contributed by atoms with Crippen molar-refractivity contribution < 1.29 is 0 Å². The van der Waals surface area contributed by atoms with Crippen molar-refractivity contribution >= 4 is 31.6 Å². The van der Waals surface area contributed by atoms with Gasteiger partial charge in [-0.2, -0.15) is 0 Å². The lowest BCUT2D eigenvalue weighted by Gasteiger charge is -2.15. The highest BCUT2D eigenvalue weighted by molar-refractivity contribution is 7.26. The first-order valence-electron chi connectivity index (χ1n) is 9.17. The van der Waals surface area contributed by atoms with Gasteiger partial charge in [0.05, 0.1) is 10.2 Å². The summed E-state index contributed by atoms with van der Waals surface area (Å²) < 4.78 is 2.58. The fourth-order valence-electron chi connectivity index (χ4n) is 3.81. The van der Waals surface area contributed by atoms with E-state index >= 15 is 0 Å². The molecule has 0 fully saturated rings. The van der Waals surface area contributed by atoms with Gasteiger partial charge in [-0.1, -0.05) is 72.8 Å². The molecule has 5 rings (SSSR count). The maximum atomic E-state index is 4.96. The molecule has 0 aliphatic carbocycles. The summed E-state index contributed by atoms with van der Waals surface area (Å²) >= 11 is 1.85. The van der Waals surface area contributed by atoms with Gasteiger partial charge in [0.1, 0.15) is 0 Å². The van der Waals surface area contributed by atoms with Crippen LogP contribution in [0.3, 0.4) is 0 Å². The molecule has 0 N–H and O–H groups in total. The normalized spacial score (nSPS) is 11.3. The number of fused-ring (bicyclic) bond motifs is 3. The quantitative estimate of drug-likeness (QED) is 0.317. The van der Waals surface area contributed by atoms with E-state index in [4.69, 9.17) is 4.98 Å². The summed E-state index contributed by atoms with van der Waals surface area (Å²) in [5.41, 5.74) is 8.60. The van der Waals surface area contributed by atoms with Crippen molar-refractivity contribution in [1.82, 2.24) is 4.98 Å². The Bertz CT molecular complexity index is 1280. The Morgan fingerprint density at radius 1 is 0.704 bits per heavy atom. The molecule has 2 heteroatoms. The van der Waals surface area contributed by atoms with Gasteiger partial charge in [-0.3, -0.25) is 4.98 Å². The number of hydrogen-bond acceptors (Lipinski definition) is 2. The SMILES string of the molecule is Cc1nc2c(sc3ccccc32)c(-c2ccccc2-c2ccccc2)c1C. The molecule has 0 bridgehead atoms. The van der Waals surface area contributed by atoms with Crippen molar-refractivity contribution in [3.8, 4) is 22.3 Å². The fourth-order valence-corrected chi connectivity index (χ4v) is 5.07. The van der Waals surface area contributed by atoms with E-state index in [1.807, 2.05) is 11.3 Å². The summed E-state index contributed by atoms with van der Waals surface area (Å²) in [5.74, 6) is 0. The highest BCUT2D eigenvalue weighted by Gasteiger charge is 2.18. The lowest BCUT2D eigenvalue weighted by atomic mass is 9.91. The zero-order valence-corrected chi connectivity index (χ0v) is 16.2. The van der Waals surface area contributed by atoms with Gasteiger partial charge in [-0.15, -0.1) is 11.3 Å².